The van der Waals surface area contributed by atoms with E-state index in [2.05, 4.69) is 52.1 Å². The zero-order chi connectivity index (χ0) is 13.1. The van der Waals surface area contributed by atoms with Crippen LogP contribution < -0.4 is 4.43 Å². The van der Waals surface area contributed by atoms with Crippen molar-refractivity contribution in [2.45, 2.75) is 45.8 Å². The minimum absolute atomic E-state index is 0.232. The number of rotatable bonds is 3. The van der Waals surface area contributed by atoms with Gasteiger partial charge in [0.1, 0.15) is 5.75 Å². The molecular weight excluding hydrogens is 224 g/mol. The molecular formula is C15H24OSi. The van der Waals surface area contributed by atoms with Gasteiger partial charge in [-0.15, -0.1) is 0 Å². The molecule has 0 atom stereocenters. The van der Waals surface area contributed by atoms with Crippen LogP contribution in [0.5, 0.6) is 5.75 Å². The van der Waals surface area contributed by atoms with Gasteiger partial charge in [-0.05, 0) is 31.1 Å². The van der Waals surface area contributed by atoms with E-state index in [1.54, 1.807) is 0 Å². The van der Waals surface area contributed by atoms with Crippen molar-refractivity contribution < 1.29 is 4.43 Å². The summed E-state index contributed by atoms with van der Waals surface area (Å²) < 4.78 is 6.34. The Balaban J connectivity index is 3.03. The summed E-state index contributed by atoms with van der Waals surface area (Å²) in [5.41, 5.74) is 1.17. The van der Waals surface area contributed by atoms with Gasteiger partial charge in [-0.2, -0.15) is 0 Å². The molecule has 0 heterocycles. The predicted molar refractivity (Wildman–Crippen MR) is 79.0 cm³/mol. The third-order valence-corrected chi connectivity index (χ3v) is 7.78. The highest BCUT2D eigenvalue weighted by atomic mass is 28.4. The predicted octanol–water partition coefficient (Wildman–Crippen LogP) is 5.10. The molecule has 1 nitrogen and oxygen atoms in total. The Hall–Kier alpha value is -1.02. The molecule has 0 amide bonds. The summed E-state index contributed by atoms with van der Waals surface area (Å²) in [6.45, 7) is 13.4. The molecule has 2 heteroatoms. The van der Waals surface area contributed by atoms with E-state index in [0.717, 1.165) is 5.75 Å². The van der Waals surface area contributed by atoms with Gasteiger partial charge >= 0.3 is 0 Å². The summed E-state index contributed by atoms with van der Waals surface area (Å²) in [5.74, 6) is 1.01. The average Bonchev–Trinajstić information content (AvgIpc) is 2.19. The van der Waals surface area contributed by atoms with E-state index in [1.165, 1.54) is 5.56 Å². The van der Waals surface area contributed by atoms with Crippen molar-refractivity contribution in [2.75, 3.05) is 0 Å². The van der Waals surface area contributed by atoms with Crippen LogP contribution in [0.1, 0.15) is 33.3 Å². The molecule has 0 fully saturated rings. The molecule has 0 N–H and O–H groups in total. The van der Waals surface area contributed by atoms with Gasteiger partial charge in [0.05, 0.1) is 0 Å². The number of allylic oxidation sites excluding steroid dienone is 1. The van der Waals surface area contributed by atoms with Gasteiger partial charge in [0.25, 0.3) is 8.32 Å². The fourth-order valence-corrected chi connectivity index (χ4v) is 2.36. The van der Waals surface area contributed by atoms with Crippen LogP contribution in [0.2, 0.25) is 18.1 Å². The number of benzene rings is 1. The third-order valence-electron chi connectivity index (χ3n) is 3.44. The average molecular weight is 248 g/mol. The second-order valence-electron chi connectivity index (χ2n) is 5.90. The Morgan fingerprint density at radius 3 is 2.24 bits per heavy atom. The molecule has 17 heavy (non-hydrogen) atoms. The zero-order valence-corrected chi connectivity index (χ0v) is 12.9. The molecule has 1 rings (SSSR count). The van der Waals surface area contributed by atoms with Crippen molar-refractivity contribution in [3.8, 4) is 5.75 Å². The quantitative estimate of drug-likeness (QED) is 0.676. The highest BCUT2D eigenvalue weighted by Crippen LogP contribution is 2.38. The number of hydrogen-bond acceptors (Lipinski definition) is 1. The Kier molecular flexibility index (Phi) is 4.20. The fraction of sp³-hybridized carbons (Fsp3) is 0.467. The van der Waals surface area contributed by atoms with Gasteiger partial charge in [0.2, 0.25) is 0 Å². The van der Waals surface area contributed by atoms with Gasteiger partial charge in [-0.3, -0.25) is 0 Å². The van der Waals surface area contributed by atoms with Crippen LogP contribution in [0, 0.1) is 0 Å². The van der Waals surface area contributed by atoms with Crippen molar-refractivity contribution in [1.29, 1.82) is 0 Å². The minimum atomic E-state index is -1.74. The van der Waals surface area contributed by atoms with Gasteiger partial charge in [0.15, 0.2) is 0 Å². The molecule has 0 bridgehead atoms. The Bertz CT molecular complexity index is 400. The van der Waals surface area contributed by atoms with Gasteiger partial charge in [-0.1, -0.05) is 51.1 Å². The first kappa shape index (κ1) is 14.0. The molecule has 0 saturated heterocycles. The third kappa shape index (κ3) is 3.47. The smallest absolute Gasteiger partial charge is 0.250 e. The van der Waals surface area contributed by atoms with Crippen molar-refractivity contribution in [3.05, 3.63) is 35.9 Å². The lowest BCUT2D eigenvalue weighted by atomic mass is 10.2. The molecule has 0 saturated carbocycles. The van der Waals surface area contributed by atoms with Gasteiger partial charge in [-0.25, -0.2) is 0 Å². The number of para-hydroxylation sites is 1. The maximum absolute atomic E-state index is 6.34. The monoisotopic (exact) mass is 248 g/mol. The van der Waals surface area contributed by atoms with Crippen LogP contribution in [0.4, 0.5) is 0 Å². The van der Waals surface area contributed by atoms with Crippen LogP contribution >= 0.6 is 0 Å². The summed E-state index contributed by atoms with van der Waals surface area (Å²) in [7, 11) is -1.74. The largest absolute Gasteiger partial charge is 0.543 e. The Morgan fingerprint density at radius 1 is 1.12 bits per heavy atom. The van der Waals surface area contributed by atoms with Crippen molar-refractivity contribution in [2.24, 2.45) is 0 Å². The zero-order valence-electron chi connectivity index (χ0n) is 11.9. The van der Waals surface area contributed by atoms with Crippen LogP contribution in [0.25, 0.3) is 6.08 Å². The Labute approximate surface area is 107 Å². The molecule has 94 valence electrons. The topological polar surface area (TPSA) is 9.23 Å². The highest BCUT2D eigenvalue weighted by Gasteiger charge is 2.39. The van der Waals surface area contributed by atoms with E-state index >= 15 is 0 Å². The van der Waals surface area contributed by atoms with Crippen LogP contribution in [0.15, 0.2) is 30.3 Å². The van der Waals surface area contributed by atoms with Crippen LogP contribution in [-0.2, 0) is 0 Å². The second kappa shape index (κ2) is 5.09. The van der Waals surface area contributed by atoms with E-state index in [4.69, 9.17) is 4.43 Å². The van der Waals surface area contributed by atoms with Crippen molar-refractivity contribution in [3.63, 3.8) is 0 Å². The second-order valence-corrected chi connectivity index (χ2v) is 10.6. The molecule has 1 aromatic rings. The molecule has 0 aliphatic heterocycles. The standard InChI is InChI=1S/C15H24OSi/c1-7-10-13-11-8-9-12-14(13)16-17(5,6)15(2,3)4/h7-12H,1-6H3/b10-7+. The highest BCUT2D eigenvalue weighted by molar-refractivity contribution is 6.74. The summed E-state index contributed by atoms with van der Waals surface area (Å²) in [5, 5.41) is 0.232. The summed E-state index contributed by atoms with van der Waals surface area (Å²) in [4.78, 5) is 0. The maximum atomic E-state index is 6.34. The molecule has 0 unspecified atom stereocenters. The molecule has 1 aromatic carbocycles. The van der Waals surface area contributed by atoms with Gasteiger partial charge < -0.3 is 4.43 Å². The normalized spacial score (nSPS) is 13.1. The molecule has 0 radical (unpaired) electrons. The molecule has 0 spiro atoms. The first-order chi connectivity index (χ1) is 7.78. The lowest BCUT2D eigenvalue weighted by Gasteiger charge is -2.36. The van der Waals surface area contributed by atoms with E-state index in [0.29, 0.717) is 0 Å². The van der Waals surface area contributed by atoms with Crippen LogP contribution in [-0.4, -0.2) is 8.32 Å². The SMILES string of the molecule is C/C=C/c1ccccc1O[Si](C)(C)C(C)(C)C. The number of hydrogen-bond donors (Lipinski definition) is 0. The molecule has 0 aliphatic carbocycles. The molecule has 0 aliphatic rings. The van der Waals surface area contributed by atoms with Gasteiger partial charge in [0, 0.05) is 5.56 Å². The van der Waals surface area contributed by atoms with E-state index in [9.17, 15) is 0 Å². The first-order valence-electron chi connectivity index (χ1n) is 6.18. The van der Waals surface area contributed by atoms with E-state index in [1.807, 2.05) is 25.1 Å². The Morgan fingerprint density at radius 2 is 1.71 bits per heavy atom. The summed E-state index contributed by atoms with van der Waals surface area (Å²) in [6, 6.07) is 8.25. The van der Waals surface area contributed by atoms with Crippen molar-refractivity contribution >= 4 is 14.4 Å². The summed E-state index contributed by atoms with van der Waals surface area (Å²) >= 11 is 0. The maximum Gasteiger partial charge on any atom is 0.250 e. The lowest BCUT2D eigenvalue weighted by Crippen LogP contribution is -2.44. The van der Waals surface area contributed by atoms with Crippen LogP contribution in [0.3, 0.4) is 0 Å². The van der Waals surface area contributed by atoms with E-state index in [-0.39, 0.29) is 5.04 Å². The van der Waals surface area contributed by atoms with E-state index < -0.39 is 8.32 Å². The lowest BCUT2D eigenvalue weighted by molar-refractivity contribution is 0.491. The first-order valence-corrected chi connectivity index (χ1v) is 9.09. The summed E-state index contributed by atoms with van der Waals surface area (Å²) in [6.07, 6.45) is 4.15. The minimum Gasteiger partial charge on any atom is -0.543 e. The van der Waals surface area contributed by atoms with Crippen molar-refractivity contribution in [1.82, 2.24) is 0 Å². The fourth-order valence-electron chi connectivity index (χ4n) is 1.32. The molecule has 0 aromatic heterocycles.